The molecule has 15 heavy (non-hydrogen) atoms. The van der Waals surface area contributed by atoms with Crippen LogP contribution in [0.4, 0.5) is 4.79 Å². The van der Waals surface area contributed by atoms with Gasteiger partial charge in [0.2, 0.25) is 0 Å². The largest absolute Gasteiger partial charge is 0.465 e. The molecule has 2 atom stereocenters. The van der Waals surface area contributed by atoms with E-state index in [1.807, 2.05) is 12.3 Å². The fourth-order valence-electron chi connectivity index (χ4n) is 1.82. The number of thiophene rings is 1. The van der Waals surface area contributed by atoms with E-state index >= 15 is 0 Å². The standard InChI is InChI=1S/C10H13NO3S/c1-6(11-10(12)13)8-9-7(2-4-14-8)3-5-15-9/h3,5-6,8,11H,2,4H2,1H3,(H,12,13). The number of hydrogen-bond donors (Lipinski definition) is 2. The molecule has 2 unspecified atom stereocenters. The molecule has 5 heteroatoms. The maximum atomic E-state index is 10.5. The Labute approximate surface area is 91.9 Å². The van der Waals surface area contributed by atoms with Crippen molar-refractivity contribution < 1.29 is 14.6 Å². The van der Waals surface area contributed by atoms with Gasteiger partial charge in [0.05, 0.1) is 12.6 Å². The summed E-state index contributed by atoms with van der Waals surface area (Å²) >= 11 is 1.63. The first-order valence-corrected chi connectivity index (χ1v) is 5.74. The lowest BCUT2D eigenvalue weighted by Crippen LogP contribution is -2.38. The van der Waals surface area contributed by atoms with Gasteiger partial charge in [0.1, 0.15) is 6.10 Å². The highest BCUT2D eigenvalue weighted by Gasteiger charge is 2.28. The molecule has 2 N–H and O–H groups in total. The molecule has 0 radical (unpaired) electrons. The van der Waals surface area contributed by atoms with Gasteiger partial charge in [-0.05, 0) is 30.4 Å². The molecule has 1 amide bonds. The average molecular weight is 227 g/mol. The number of fused-ring (bicyclic) bond motifs is 1. The minimum absolute atomic E-state index is 0.134. The first-order chi connectivity index (χ1) is 7.18. The molecule has 82 valence electrons. The maximum absolute atomic E-state index is 10.5. The van der Waals surface area contributed by atoms with Gasteiger partial charge in [-0.3, -0.25) is 0 Å². The van der Waals surface area contributed by atoms with Crippen LogP contribution in [0.5, 0.6) is 0 Å². The van der Waals surface area contributed by atoms with E-state index in [0.717, 1.165) is 11.3 Å². The predicted octanol–water partition coefficient (Wildman–Crippen LogP) is 2.02. The van der Waals surface area contributed by atoms with Gasteiger partial charge >= 0.3 is 6.09 Å². The van der Waals surface area contributed by atoms with Gasteiger partial charge in [-0.2, -0.15) is 0 Å². The third kappa shape index (κ3) is 2.13. The van der Waals surface area contributed by atoms with Crippen LogP contribution in [0, 0.1) is 0 Å². The highest BCUT2D eigenvalue weighted by molar-refractivity contribution is 7.10. The lowest BCUT2D eigenvalue weighted by molar-refractivity contribution is 0.0232. The Hall–Kier alpha value is -1.07. The first-order valence-electron chi connectivity index (χ1n) is 4.86. The molecule has 0 bridgehead atoms. The Morgan fingerprint density at radius 2 is 2.60 bits per heavy atom. The molecule has 0 aliphatic carbocycles. The topological polar surface area (TPSA) is 58.6 Å². The average Bonchev–Trinajstić information content (AvgIpc) is 2.63. The van der Waals surface area contributed by atoms with Crippen molar-refractivity contribution in [2.75, 3.05) is 6.61 Å². The molecule has 2 heterocycles. The van der Waals surface area contributed by atoms with Crippen LogP contribution in [0.3, 0.4) is 0 Å². The summed E-state index contributed by atoms with van der Waals surface area (Å²) in [5, 5.41) is 13.1. The molecule has 0 aromatic carbocycles. The fraction of sp³-hybridized carbons (Fsp3) is 0.500. The molecular weight excluding hydrogens is 214 g/mol. The molecule has 1 aromatic heterocycles. The van der Waals surface area contributed by atoms with E-state index in [1.54, 1.807) is 11.3 Å². The lowest BCUT2D eigenvalue weighted by atomic mass is 10.0. The summed E-state index contributed by atoms with van der Waals surface area (Å²) in [4.78, 5) is 11.7. The highest BCUT2D eigenvalue weighted by atomic mass is 32.1. The Kier molecular flexibility index (Phi) is 2.93. The molecule has 4 nitrogen and oxygen atoms in total. The Morgan fingerprint density at radius 1 is 1.80 bits per heavy atom. The summed E-state index contributed by atoms with van der Waals surface area (Å²) in [6, 6.07) is 1.88. The van der Waals surface area contributed by atoms with E-state index in [-0.39, 0.29) is 12.1 Å². The summed E-state index contributed by atoms with van der Waals surface area (Å²) in [7, 11) is 0. The van der Waals surface area contributed by atoms with Gasteiger partial charge in [-0.25, -0.2) is 4.79 Å². The molecule has 1 aliphatic heterocycles. The van der Waals surface area contributed by atoms with Crippen molar-refractivity contribution in [2.45, 2.75) is 25.5 Å². The van der Waals surface area contributed by atoms with Crippen LogP contribution < -0.4 is 5.32 Å². The monoisotopic (exact) mass is 227 g/mol. The SMILES string of the molecule is CC(NC(=O)O)C1OCCc2ccsc21. The number of carboxylic acid groups (broad SMARTS) is 1. The van der Waals surface area contributed by atoms with E-state index in [2.05, 4.69) is 11.4 Å². The van der Waals surface area contributed by atoms with Crippen molar-refractivity contribution in [3.8, 4) is 0 Å². The van der Waals surface area contributed by atoms with Crippen molar-refractivity contribution >= 4 is 17.4 Å². The van der Waals surface area contributed by atoms with Crippen molar-refractivity contribution in [3.63, 3.8) is 0 Å². The van der Waals surface area contributed by atoms with Crippen molar-refractivity contribution in [3.05, 3.63) is 21.9 Å². The Bertz CT molecular complexity index is 363. The number of carbonyl (C=O) groups is 1. The summed E-state index contributed by atoms with van der Waals surface area (Å²) < 4.78 is 5.61. The van der Waals surface area contributed by atoms with Gasteiger partial charge in [0.25, 0.3) is 0 Å². The van der Waals surface area contributed by atoms with Crippen LogP contribution in [-0.4, -0.2) is 23.8 Å². The number of rotatable bonds is 2. The van der Waals surface area contributed by atoms with Crippen molar-refractivity contribution in [1.29, 1.82) is 0 Å². The van der Waals surface area contributed by atoms with Gasteiger partial charge in [-0.1, -0.05) is 0 Å². The normalized spacial score (nSPS) is 21.8. The minimum atomic E-state index is -1.00. The van der Waals surface area contributed by atoms with E-state index in [4.69, 9.17) is 9.84 Å². The molecular formula is C10H13NO3S. The molecule has 0 saturated carbocycles. The van der Waals surface area contributed by atoms with Crippen LogP contribution in [0.1, 0.15) is 23.5 Å². The van der Waals surface area contributed by atoms with Crippen molar-refractivity contribution in [1.82, 2.24) is 5.32 Å². The molecule has 2 rings (SSSR count). The van der Waals surface area contributed by atoms with Gasteiger partial charge < -0.3 is 15.2 Å². The minimum Gasteiger partial charge on any atom is -0.465 e. The second-order valence-electron chi connectivity index (χ2n) is 3.59. The molecule has 0 saturated heterocycles. The summed E-state index contributed by atoms with van der Waals surface area (Å²) in [6.07, 6.45) is -0.214. The second-order valence-corrected chi connectivity index (χ2v) is 4.54. The number of ether oxygens (including phenoxy) is 1. The number of hydrogen-bond acceptors (Lipinski definition) is 3. The van der Waals surface area contributed by atoms with E-state index in [9.17, 15) is 4.79 Å². The number of amides is 1. The molecule has 0 fully saturated rings. The first kappa shape index (κ1) is 10.4. The fourth-order valence-corrected chi connectivity index (χ4v) is 2.92. The van der Waals surface area contributed by atoms with Crippen LogP contribution in [0.25, 0.3) is 0 Å². The van der Waals surface area contributed by atoms with Crippen molar-refractivity contribution in [2.24, 2.45) is 0 Å². The second kappa shape index (κ2) is 4.20. The van der Waals surface area contributed by atoms with Gasteiger partial charge in [0.15, 0.2) is 0 Å². The quantitative estimate of drug-likeness (QED) is 0.812. The summed E-state index contributed by atoms with van der Waals surface area (Å²) in [5.74, 6) is 0. The van der Waals surface area contributed by atoms with E-state index in [0.29, 0.717) is 6.61 Å². The predicted molar refractivity (Wildman–Crippen MR) is 57.3 cm³/mol. The summed E-state index contributed by atoms with van der Waals surface area (Å²) in [6.45, 7) is 2.49. The molecule has 0 spiro atoms. The van der Waals surface area contributed by atoms with Crippen LogP contribution in [0.2, 0.25) is 0 Å². The van der Waals surface area contributed by atoms with Gasteiger partial charge in [-0.15, -0.1) is 11.3 Å². The zero-order valence-corrected chi connectivity index (χ0v) is 9.21. The van der Waals surface area contributed by atoms with Gasteiger partial charge in [0, 0.05) is 4.88 Å². The lowest BCUT2D eigenvalue weighted by Gasteiger charge is -2.28. The Balaban J connectivity index is 2.15. The Morgan fingerprint density at radius 3 is 3.33 bits per heavy atom. The molecule has 1 aliphatic rings. The zero-order valence-electron chi connectivity index (χ0n) is 8.40. The highest BCUT2D eigenvalue weighted by Crippen LogP contribution is 2.33. The van der Waals surface area contributed by atoms with E-state index < -0.39 is 6.09 Å². The van der Waals surface area contributed by atoms with Crippen LogP contribution >= 0.6 is 11.3 Å². The third-order valence-corrected chi connectivity index (χ3v) is 3.53. The summed E-state index contributed by atoms with van der Waals surface area (Å²) in [5.41, 5.74) is 1.29. The third-order valence-electron chi connectivity index (χ3n) is 2.51. The maximum Gasteiger partial charge on any atom is 0.404 e. The van der Waals surface area contributed by atoms with Crippen LogP contribution in [0.15, 0.2) is 11.4 Å². The number of nitrogens with one attached hydrogen (secondary N) is 1. The molecule has 1 aromatic rings. The van der Waals surface area contributed by atoms with E-state index in [1.165, 1.54) is 5.56 Å². The van der Waals surface area contributed by atoms with Crippen LogP contribution in [-0.2, 0) is 11.2 Å². The zero-order chi connectivity index (χ0) is 10.8. The smallest absolute Gasteiger partial charge is 0.404 e.